The highest BCUT2D eigenvalue weighted by atomic mass is 32.2. The smallest absolute Gasteiger partial charge is 0.262 e. The van der Waals surface area contributed by atoms with Crippen molar-refractivity contribution in [2.24, 2.45) is 0 Å². The quantitative estimate of drug-likeness (QED) is 0.848. The van der Waals surface area contributed by atoms with Gasteiger partial charge in [-0.3, -0.25) is 4.72 Å². The molecule has 1 N–H and O–H groups in total. The normalized spacial score (nSPS) is 13.1. The van der Waals surface area contributed by atoms with Crippen LogP contribution >= 0.6 is 11.8 Å². The van der Waals surface area contributed by atoms with Gasteiger partial charge in [-0.2, -0.15) is 0 Å². The van der Waals surface area contributed by atoms with Gasteiger partial charge in [0, 0.05) is 16.6 Å². The van der Waals surface area contributed by atoms with E-state index in [2.05, 4.69) is 11.6 Å². The molecule has 0 atom stereocenters. The maximum Gasteiger partial charge on any atom is 0.262 e. The highest BCUT2D eigenvalue weighted by Gasteiger charge is 2.20. The van der Waals surface area contributed by atoms with E-state index >= 15 is 0 Å². The molecule has 2 aromatic carbocycles. The predicted octanol–water partition coefficient (Wildman–Crippen LogP) is 3.33. The van der Waals surface area contributed by atoms with Crippen molar-refractivity contribution in [2.45, 2.75) is 16.7 Å². The van der Waals surface area contributed by atoms with E-state index < -0.39 is 10.0 Å². The van der Waals surface area contributed by atoms with Crippen molar-refractivity contribution in [3.63, 3.8) is 0 Å². The summed E-state index contributed by atoms with van der Waals surface area (Å²) in [6.07, 6.45) is 0. The summed E-state index contributed by atoms with van der Waals surface area (Å²) in [6.45, 7) is 2.18. The average Bonchev–Trinajstić information content (AvgIpc) is 2.97. The Morgan fingerprint density at radius 2 is 1.82 bits per heavy atom. The van der Waals surface area contributed by atoms with Crippen molar-refractivity contribution in [3.05, 3.63) is 42.5 Å². The van der Waals surface area contributed by atoms with Crippen molar-refractivity contribution in [2.75, 3.05) is 17.3 Å². The summed E-state index contributed by atoms with van der Waals surface area (Å²) in [6, 6.07) is 11.9. The molecule has 7 heteroatoms. The average molecular weight is 337 g/mol. The summed E-state index contributed by atoms with van der Waals surface area (Å²) in [4.78, 5) is 1.25. The predicted molar refractivity (Wildman–Crippen MR) is 86.2 cm³/mol. The first-order valence-corrected chi connectivity index (χ1v) is 9.21. The van der Waals surface area contributed by atoms with Crippen molar-refractivity contribution >= 4 is 27.5 Å². The molecule has 0 fully saturated rings. The molecule has 0 amide bonds. The lowest BCUT2D eigenvalue weighted by Gasteiger charge is -2.09. The van der Waals surface area contributed by atoms with Crippen molar-refractivity contribution in [1.82, 2.24) is 0 Å². The summed E-state index contributed by atoms with van der Waals surface area (Å²) in [5.41, 5.74) is 0.526. The van der Waals surface area contributed by atoms with E-state index in [1.165, 1.54) is 12.1 Å². The van der Waals surface area contributed by atoms with Gasteiger partial charge in [-0.05, 0) is 42.2 Å². The molecule has 1 aliphatic heterocycles. The number of rotatable bonds is 5. The monoisotopic (exact) mass is 337 g/mol. The van der Waals surface area contributed by atoms with Crippen LogP contribution in [-0.4, -0.2) is 21.0 Å². The molecule has 22 heavy (non-hydrogen) atoms. The SMILES string of the molecule is CCSc1ccc(NS(=O)(=O)c2ccc3c(c2)OCO3)cc1. The Balaban J connectivity index is 1.81. The first-order valence-electron chi connectivity index (χ1n) is 6.74. The third-order valence-electron chi connectivity index (χ3n) is 3.07. The second-order valence-electron chi connectivity index (χ2n) is 4.58. The Bertz CT molecular complexity index is 773. The van der Waals surface area contributed by atoms with E-state index in [4.69, 9.17) is 9.47 Å². The van der Waals surface area contributed by atoms with Crippen molar-refractivity contribution in [1.29, 1.82) is 0 Å². The van der Waals surface area contributed by atoms with E-state index in [0.29, 0.717) is 17.2 Å². The summed E-state index contributed by atoms with van der Waals surface area (Å²) in [5.74, 6) is 1.97. The van der Waals surface area contributed by atoms with Gasteiger partial charge in [0.2, 0.25) is 6.79 Å². The van der Waals surface area contributed by atoms with Crippen LogP contribution in [0.4, 0.5) is 5.69 Å². The molecule has 1 heterocycles. The Morgan fingerprint density at radius 1 is 1.09 bits per heavy atom. The standard InChI is InChI=1S/C15H15NO4S2/c1-2-21-12-5-3-11(4-6-12)16-22(17,18)13-7-8-14-15(9-13)20-10-19-14/h3-9,16H,2,10H2,1H3. The summed E-state index contributed by atoms with van der Waals surface area (Å²) < 4.78 is 37.8. The van der Waals surface area contributed by atoms with Crippen LogP contribution in [-0.2, 0) is 10.0 Å². The zero-order chi connectivity index (χ0) is 15.6. The van der Waals surface area contributed by atoms with E-state index in [-0.39, 0.29) is 11.7 Å². The van der Waals surface area contributed by atoms with Gasteiger partial charge in [0.1, 0.15) is 0 Å². The molecule has 1 aliphatic rings. The molecular formula is C15H15NO4S2. The maximum atomic E-state index is 12.4. The zero-order valence-electron chi connectivity index (χ0n) is 11.9. The van der Waals surface area contributed by atoms with Gasteiger partial charge < -0.3 is 9.47 Å². The van der Waals surface area contributed by atoms with Crippen molar-refractivity contribution < 1.29 is 17.9 Å². The number of anilines is 1. The van der Waals surface area contributed by atoms with Crippen LogP contribution in [0.25, 0.3) is 0 Å². The Labute approximate surface area is 133 Å². The fraction of sp³-hybridized carbons (Fsp3) is 0.200. The number of benzene rings is 2. The minimum atomic E-state index is -3.65. The second kappa shape index (κ2) is 6.10. The first-order chi connectivity index (χ1) is 10.6. The number of fused-ring (bicyclic) bond motifs is 1. The van der Waals surface area contributed by atoms with Crippen LogP contribution in [0.15, 0.2) is 52.3 Å². The number of ether oxygens (including phenoxy) is 2. The molecule has 5 nitrogen and oxygen atoms in total. The van der Waals surface area contributed by atoms with Crippen LogP contribution in [0, 0.1) is 0 Å². The highest BCUT2D eigenvalue weighted by molar-refractivity contribution is 7.99. The number of sulfonamides is 1. The van der Waals surface area contributed by atoms with Crippen LogP contribution in [0.5, 0.6) is 11.5 Å². The molecule has 0 aromatic heterocycles. The molecule has 2 aromatic rings. The van der Waals surface area contributed by atoms with Gasteiger partial charge in [0.05, 0.1) is 4.90 Å². The second-order valence-corrected chi connectivity index (χ2v) is 7.60. The topological polar surface area (TPSA) is 64.6 Å². The number of hydrogen-bond donors (Lipinski definition) is 1. The molecule has 0 saturated heterocycles. The van der Waals surface area contributed by atoms with E-state index in [9.17, 15) is 8.42 Å². The zero-order valence-corrected chi connectivity index (χ0v) is 13.5. The molecule has 0 spiro atoms. The molecule has 3 rings (SSSR count). The van der Waals surface area contributed by atoms with Gasteiger partial charge in [0.15, 0.2) is 11.5 Å². The molecular weight excluding hydrogens is 322 g/mol. The third kappa shape index (κ3) is 3.15. The van der Waals surface area contributed by atoms with Crippen molar-refractivity contribution in [3.8, 4) is 11.5 Å². The maximum absolute atomic E-state index is 12.4. The lowest BCUT2D eigenvalue weighted by atomic mass is 10.3. The summed E-state index contributed by atoms with van der Waals surface area (Å²) >= 11 is 1.70. The Kier molecular flexibility index (Phi) is 4.17. The van der Waals surface area contributed by atoms with Crippen LogP contribution in [0.1, 0.15) is 6.92 Å². The molecule has 0 unspecified atom stereocenters. The van der Waals surface area contributed by atoms with E-state index in [0.717, 1.165) is 10.6 Å². The number of nitrogens with one attached hydrogen (secondary N) is 1. The minimum absolute atomic E-state index is 0.114. The van der Waals surface area contributed by atoms with Crippen LogP contribution in [0.3, 0.4) is 0 Å². The van der Waals surface area contributed by atoms with Crippen LogP contribution < -0.4 is 14.2 Å². The van der Waals surface area contributed by atoms with E-state index in [1.54, 1.807) is 30.0 Å². The third-order valence-corrected chi connectivity index (χ3v) is 5.35. The Hall–Kier alpha value is -1.86. The molecule has 0 saturated carbocycles. The minimum Gasteiger partial charge on any atom is -0.454 e. The molecule has 0 bridgehead atoms. The Morgan fingerprint density at radius 3 is 2.55 bits per heavy atom. The number of hydrogen-bond acceptors (Lipinski definition) is 5. The van der Waals surface area contributed by atoms with Gasteiger partial charge >= 0.3 is 0 Å². The molecule has 0 radical (unpaired) electrons. The lowest BCUT2D eigenvalue weighted by Crippen LogP contribution is -2.12. The van der Waals surface area contributed by atoms with Crippen LogP contribution in [0.2, 0.25) is 0 Å². The fourth-order valence-electron chi connectivity index (χ4n) is 2.04. The highest BCUT2D eigenvalue weighted by Crippen LogP contribution is 2.34. The fourth-order valence-corrected chi connectivity index (χ4v) is 3.78. The van der Waals surface area contributed by atoms with Gasteiger partial charge in [-0.15, -0.1) is 11.8 Å². The van der Waals surface area contributed by atoms with Gasteiger partial charge in [0.25, 0.3) is 10.0 Å². The molecule has 0 aliphatic carbocycles. The van der Waals surface area contributed by atoms with Gasteiger partial charge in [-0.25, -0.2) is 8.42 Å². The summed E-state index contributed by atoms with van der Waals surface area (Å²) in [5, 5.41) is 0. The van der Waals surface area contributed by atoms with E-state index in [1.807, 2.05) is 12.1 Å². The van der Waals surface area contributed by atoms with Gasteiger partial charge in [-0.1, -0.05) is 6.92 Å². The number of thioether (sulfide) groups is 1. The lowest BCUT2D eigenvalue weighted by molar-refractivity contribution is 0.174. The first kappa shape index (κ1) is 15.1. The largest absolute Gasteiger partial charge is 0.454 e. The molecule has 116 valence electrons. The summed E-state index contributed by atoms with van der Waals surface area (Å²) in [7, 11) is -3.65.